The van der Waals surface area contributed by atoms with Gasteiger partial charge in [0.2, 0.25) is 0 Å². The Morgan fingerprint density at radius 2 is 2.30 bits per heavy atom. The Morgan fingerprint density at radius 1 is 1.50 bits per heavy atom. The Balaban J connectivity index is 2.16. The predicted octanol–water partition coefficient (Wildman–Crippen LogP) is 2.51. The summed E-state index contributed by atoms with van der Waals surface area (Å²) in [6.07, 6.45) is 1.22. The zero-order chi connectivity index (χ0) is 14.5. The molecule has 1 N–H and O–H groups in total. The van der Waals surface area contributed by atoms with Crippen LogP contribution in [0.4, 0.5) is 4.39 Å². The summed E-state index contributed by atoms with van der Waals surface area (Å²) in [6.45, 7) is 7.94. The molecule has 1 aromatic carbocycles. The molecule has 1 saturated heterocycles. The van der Waals surface area contributed by atoms with Gasteiger partial charge in [-0.05, 0) is 50.2 Å². The van der Waals surface area contributed by atoms with Gasteiger partial charge in [0, 0.05) is 13.1 Å². The number of rotatable bonds is 5. The molecule has 112 valence electrons. The van der Waals surface area contributed by atoms with Crippen LogP contribution in [0.1, 0.15) is 30.5 Å². The summed E-state index contributed by atoms with van der Waals surface area (Å²) < 4.78 is 19.5. The summed E-state index contributed by atoms with van der Waals surface area (Å²) >= 11 is 0. The van der Waals surface area contributed by atoms with Crippen molar-refractivity contribution in [2.24, 2.45) is 0 Å². The van der Waals surface area contributed by atoms with Crippen molar-refractivity contribution in [1.82, 2.24) is 10.2 Å². The summed E-state index contributed by atoms with van der Waals surface area (Å²) in [5.74, 6) is -0.188. The highest BCUT2D eigenvalue weighted by Gasteiger charge is 2.29. The molecule has 0 spiro atoms. The van der Waals surface area contributed by atoms with Crippen LogP contribution in [0.3, 0.4) is 0 Å². The predicted molar refractivity (Wildman–Crippen MR) is 79.4 cm³/mol. The van der Waals surface area contributed by atoms with Crippen LogP contribution < -0.4 is 5.32 Å². The summed E-state index contributed by atoms with van der Waals surface area (Å²) in [4.78, 5) is 2.42. The molecule has 0 radical (unpaired) electrons. The Hall–Kier alpha value is -0.970. The van der Waals surface area contributed by atoms with Gasteiger partial charge in [0.25, 0.3) is 0 Å². The maximum atomic E-state index is 13.5. The molecule has 1 fully saturated rings. The minimum atomic E-state index is -0.188. The third-order valence-electron chi connectivity index (χ3n) is 3.98. The van der Waals surface area contributed by atoms with Gasteiger partial charge in [0.05, 0.1) is 18.8 Å². The number of benzene rings is 1. The van der Waals surface area contributed by atoms with Crippen LogP contribution in [0.15, 0.2) is 18.2 Å². The molecule has 0 aromatic heterocycles. The lowest BCUT2D eigenvalue weighted by atomic mass is 9.95. The topological polar surface area (TPSA) is 24.5 Å². The summed E-state index contributed by atoms with van der Waals surface area (Å²) in [5.41, 5.74) is 2.10. The number of aryl methyl sites for hydroxylation is 1. The van der Waals surface area contributed by atoms with E-state index in [9.17, 15) is 4.39 Å². The van der Waals surface area contributed by atoms with Gasteiger partial charge in [-0.1, -0.05) is 13.0 Å². The highest BCUT2D eigenvalue weighted by molar-refractivity contribution is 5.30. The fourth-order valence-electron chi connectivity index (χ4n) is 2.94. The third kappa shape index (κ3) is 3.57. The lowest BCUT2D eigenvalue weighted by Crippen LogP contribution is -2.48. The van der Waals surface area contributed by atoms with Crippen molar-refractivity contribution in [1.29, 1.82) is 0 Å². The van der Waals surface area contributed by atoms with E-state index in [-0.39, 0.29) is 18.0 Å². The molecular weight excluding hydrogens is 255 g/mol. The van der Waals surface area contributed by atoms with Crippen molar-refractivity contribution in [2.45, 2.75) is 32.4 Å². The highest BCUT2D eigenvalue weighted by atomic mass is 19.1. The Labute approximate surface area is 121 Å². The van der Waals surface area contributed by atoms with Crippen molar-refractivity contribution in [3.63, 3.8) is 0 Å². The third-order valence-corrected chi connectivity index (χ3v) is 3.98. The van der Waals surface area contributed by atoms with Gasteiger partial charge in [0.1, 0.15) is 5.82 Å². The lowest BCUT2D eigenvalue weighted by Gasteiger charge is -2.37. The van der Waals surface area contributed by atoms with Crippen molar-refractivity contribution in [3.05, 3.63) is 35.1 Å². The van der Waals surface area contributed by atoms with E-state index < -0.39 is 0 Å². The van der Waals surface area contributed by atoms with Crippen molar-refractivity contribution in [3.8, 4) is 0 Å². The molecule has 2 atom stereocenters. The molecule has 20 heavy (non-hydrogen) atoms. The minimum absolute atomic E-state index is 0.0327. The number of hydrogen-bond acceptors (Lipinski definition) is 3. The lowest BCUT2D eigenvalue weighted by molar-refractivity contribution is -0.0460. The molecule has 0 amide bonds. The monoisotopic (exact) mass is 280 g/mol. The number of hydrogen-bond donors (Lipinski definition) is 1. The number of likely N-dealkylation sites (N-methyl/N-ethyl adjacent to an activating group) is 1. The van der Waals surface area contributed by atoms with E-state index >= 15 is 0 Å². The standard InChI is InChI=1S/C16H25FN2O/c1-4-7-19-8-9-20-15(11-19)16(18-3)14-10-13(17)6-5-12(14)2/h5-6,10,15-16,18H,4,7-9,11H2,1-3H3. The molecule has 2 rings (SSSR count). The van der Waals surface area contributed by atoms with Crippen LogP contribution in [0.2, 0.25) is 0 Å². The first-order valence-electron chi connectivity index (χ1n) is 7.43. The second kappa shape index (κ2) is 7.16. The van der Waals surface area contributed by atoms with Gasteiger partial charge in [0.15, 0.2) is 0 Å². The van der Waals surface area contributed by atoms with E-state index in [1.807, 2.05) is 20.0 Å². The van der Waals surface area contributed by atoms with E-state index in [1.54, 1.807) is 6.07 Å². The van der Waals surface area contributed by atoms with Crippen LogP contribution >= 0.6 is 0 Å². The van der Waals surface area contributed by atoms with Crippen molar-refractivity contribution in [2.75, 3.05) is 33.3 Å². The fraction of sp³-hybridized carbons (Fsp3) is 0.625. The van der Waals surface area contributed by atoms with Crippen molar-refractivity contribution < 1.29 is 9.13 Å². The molecule has 0 bridgehead atoms. The second-order valence-electron chi connectivity index (χ2n) is 5.48. The number of morpholine rings is 1. The maximum Gasteiger partial charge on any atom is 0.123 e. The fourth-order valence-corrected chi connectivity index (χ4v) is 2.94. The van der Waals surface area contributed by atoms with Gasteiger partial charge in [-0.25, -0.2) is 4.39 Å². The van der Waals surface area contributed by atoms with Crippen LogP contribution in [-0.2, 0) is 4.74 Å². The minimum Gasteiger partial charge on any atom is -0.374 e. The van der Waals surface area contributed by atoms with Gasteiger partial charge in [-0.2, -0.15) is 0 Å². The molecule has 1 aliphatic rings. The molecular formula is C16H25FN2O. The number of halogens is 1. The van der Waals surface area contributed by atoms with Gasteiger partial charge in [-0.15, -0.1) is 0 Å². The van der Waals surface area contributed by atoms with Gasteiger partial charge < -0.3 is 10.1 Å². The SMILES string of the molecule is CCCN1CCOC(C(NC)c2cc(F)ccc2C)C1. The highest BCUT2D eigenvalue weighted by Crippen LogP contribution is 2.25. The Bertz CT molecular complexity index is 436. The second-order valence-corrected chi connectivity index (χ2v) is 5.48. The van der Waals surface area contributed by atoms with E-state index in [1.165, 1.54) is 6.07 Å². The largest absolute Gasteiger partial charge is 0.374 e. The average Bonchev–Trinajstić information content (AvgIpc) is 2.44. The summed E-state index contributed by atoms with van der Waals surface area (Å²) in [5, 5.41) is 3.30. The van der Waals surface area contributed by atoms with E-state index in [4.69, 9.17) is 4.74 Å². The van der Waals surface area contributed by atoms with E-state index in [2.05, 4.69) is 17.1 Å². The molecule has 1 aliphatic heterocycles. The van der Waals surface area contributed by atoms with E-state index in [0.29, 0.717) is 0 Å². The molecule has 0 aliphatic carbocycles. The van der Waals surface area contributed by atoms with Crippen LogP contribution in [0.25, 0.3) is 0 Å². The zero-order valence-electron chi connectivity index (χ0n) is 12.7. The van der Waals surface area contributed by atoms with Crippen molar-refractivity contribution >= 4 is 0 Å². The molecule has 2 unspecified atom stereocenters. The first kappa shape index (κ1) is 15.4. The number of ether oxygens (including phenoxy) is 1. The Kier molecular flexibility index (Phi) is 5.52. The number of nitrogens with zero attached hydrogens (tertiary/aromatic N) is 1. The van der Waals surface area contributed by atoms with Gasteiger partial charge in [-0.3, -0.25) is 4.90 Å². The average molecular weight is 280 g/mol. The zero-order valence-corrected chi connectivity index (χ0v) is 12.7. The van der Waals surface area contributed by atoms with Crippen LogP contribution in [-0.4, -0.2) is 44.3 Å². The molecule has 0 saturated carbocycles. The van der Waals surface area contributed by atoms with Crippen LogP contribution in [0, 0.1) is 12.7 Å². The molecule has 3 nitrogen and oxygen atoms in total. The molecule has 1 aromatic rings. The normalized spacial score (nSPS) is 21.9. The molecule has 4 heteroatoms. The smallest absolute Gasteiger partial charge is 0.123 e. The summed E-state index contributed by atoms with van der Waals surface area (Å²) in [7, 11) is 1.91. The van der Waals surface area contributed by atoms with Crippen LogP contribution in [0.5, 0.6) is 0 Å². The first-order chi connectivity index (χ1) is 9.65. The quantitative estimate of drug-likeness (QED) is 0.897. The number of nitrogens with one attached hydrogen (secondary N) is 1. The maximum absolute atomic E-state index is 13.5. The van der Waals surface area contributed by atoms with E-state index in [0.717, 1.165) is 43.8 Å². The van der Waals surface area contributed by atoms with Gasteiger partial charge >= 0.3 is 0 Å². The summed E-state index contributed by atoms with van der Waals surface area (Å²) in [6, 6.07) is 5.00. The Morgan fingerprint density at radius 3 is 3.00 bits per heavy atom. The molecule has 1 heterocycles. The first-order valence-corrected chi connectivity index (χ1v) is 7.43.